The number of halogens is 1. The first-order valence-electron chi connectivity index (χ1n) is 6.93. The van der Waals surface area contributed by atoms with Gasteiger partial charge in [0, 0.05) is 21.7 Å². The lowest BCUT2D eigenvalue weighted by atomic mass is 10.1. The van der Waals surface area contributed by atoms with E-state index in [-0.39, 0.29) is 5.56 Å². The largest absolute Gasteiger partial charge is 0.291 e. The monoisotopic (exact) mass is 368 g/mol. The van der Waals surface area contributed by atoms with Gasteiger partial charge in [-0.3, -0.25) is 9.78 Å². The zero-order valence-corrected chi connectivity index (χ0v) is 13.6. The SMILES string of the molecule is O=c1cc(-c2ccccc2)nc(N/N=C/c2ccccc2Br)[nH]1. The van der Waals surface area contributed by atoms with Gasteiger partial charge in [-0.15, -0.1) is 0 Å². The molecule has 0 bridgehead atoms. The summed E-state index contributed by atoms with van der Waals surface area (Å²) in [7, 11) is 0. The van der Waals surface area contributed by atoms with Crippen LogP contribution in [0.3, 0.4) is 0 Å². The first-order chi connectivity index (χ1) is 11.2. The topological polar surface area (TPSA) is 70.1 Å². The van der Waals surface area contributed by atoms with Crippen molar-refractivity contribution in [1.29, 1.82) is 0 Å². The summed E-state index contributed by atoms with van der Waals surface area (Å²) in [6, 6.07) is 18.7. The molecule has 2 N–H and O–H groups in total. The molecule has 1 heterocycles. The molecule has 3 aromatic rings. The fourth-order valence-electron chi connectivity index (χ4n) is 2.01. The standard InChI is InChI=1S/C17H13BrN4O/c18-14-9-5-4-8-13(14)11-19-22-17-20-15(10-16(23)21-17)12-6-2-1-3-7-12/h1-11H,(H2,20,21,22,23)/b19-11+. The number of nitrogens with zero attached hydrogens (tertiary/aromatic N) is 2. The van der Waals surface area contributed by atoms with Crippen LogP contribution in [-0.4, -0.2) is 16.2 Å². The lowest BCUT2D eigenvalue weighted by Gasteiger charge is -2.03. The van der Waals surface area contributed by atoms with E-state index in [2.05, 4.69) is 36.4 Å². The van der Waals surface area contributed by atoms with E-state index in [9.17, 15) is 4.79 Å². The Morgan fingerprint density at radius 1 is 1.09 bits per heavy atom. The van der Waals surface area contributed by atoms with Crippen LogP contribution in [0.25, 0.3) is 11.3 Å². The van der Waals surface area contributed by atoms with Gasteiger partial charge in [-0.05, 0) is 6.07 Å². The highest BCUT2D eigenvalue weighted by Gasteiger charge is 2.03. The number of hydrazone groups is 1. The van der Waals surface area contributed by atoms with Crippen LogP contribution in [0.4, 0.5) is 5.95 Å². The first-order valence-corrected chi connectivity index (χ1v) is 7.72. The third-order valence-electron chi connectivity index (χ3n) is 3.09. The van der Waals surface area contributed by atoms with Crippen molar-refractivity contribution < 1.29 is 0 Å². The van der Waals surface area contributed by atoms with E-state index in [0.717, 1.165) is 15.6 Å². The van der Waals surface area contributed by atoms with E-state index in [4.69, 9.17) is 0 Å². The van der Waals surface area contributed by atoms with Gasteiger partial charge in [0.2, 0.25) is 5.95 Å². The van der Waals surface area contributed by atoms with Crippen molar-refractivity contribution in [3.05, 3.63) is 81.1 Å². The lowest BCUT2D eigenvalue weighted by Crippen LogP contribution is -2.10. The van der Waals surface area contributed by atoms with Crippen LogP contribution < -0.4 is 11.0 Å². The summed E-state index contributed by atoms with van der Waals surface area (Å²) in [6.07, 6.45) is 1.65. The highest BCUT2D eigenvalue weighted by atomic mass is 79.9. The molecule has 23 heavy (non-hydrogen) atoms. The molecule has 0 atom stereocenters. The van der Waals surface area contributed by atoms with E-state index in [0.29, 0.717) is 11.6 Å². The maximum absolute atomic E-state index is 11.8. The van der Waals surface area contributed by atoms with Crippen LogP contribution in [-0.2, 0) is 0 Å². The van der Waals surface area contributed by atoms with Gasteiger partial charge < -0.3 is 0 Å². The van der Waals surface area contributed by atoms with E-state index in [1.54, 1.807) is 6.21 Å². The van der Waals surface area contributed by atoms with Crippen molar-refractivity contribution in [3.8, 4) is 11.3 Å². The summed E-state index contributed by atoms with van der Waals surface area (Å²) in [5, 5.41) is 4.11. The van der Waals surface area contributed by atoms with Gasteiger partial charge in [-0.25, -0.2) is 10.4 Å². The summed E-state index contributed by atoms with van der Waals surface area (Å²) >= 11 is 3.44. The number of aromatic nitrogens is 2. The van der Waals surface area contributed by atoms with Crippen molar-refractivity contribution in [3.63, 3.8) is 0 Å². The third kappa shape index (κ3) is 3.92. The summed E-state index contributed by atoms with van der Waals surface area (Å²) < 4.78 is 0.935. The number of H-pyrrole nitrogens is 1. The quantitative estimate of drug-likeness (QED) is 0.545. The Hall–Kier alpha value is -2.73. The second-order valence-corrected chi connectivity index (χ2v) is 5.59. The zero-order valence-electron chi connectivity index (χ0n) is 12.0. The molecule has 3 rings (SSSR count). The van der Waals surface area contributed by atoms with Crippen LogP contribution in [0, 0.1) is 0 Å². The minimum Gasteiger partial charge on any atom is -0.291 e. The minimum atomic E-state index is -0.238. The molecule has 0 fully saturated rings. The van der Waals surface area contributed by atoms with E-state index in [1.165, 1.54) is 6.07 Å². The molecule has 0 aliphatic carbocycles. The highest BCUT2D eigenvalue weighted by molar-refractivity contribution is 9.10. The number of anilines is 1. The Morgan fingerprint density at radius 3 is 2.61 bits per heavy atom. The van der Waals surface area contributed by atoms with Gasteiger partial charge in [0.25, 0.3) is 5.56 Å². The Kier molecular flexibility index (Phi) is 4.63. The predicted molar refractivity (Wildman–Crippen MR) is 95.7 cm³/mol. The molecule has 5 nitrogen and oxygen atoms in total. The van der Waals surface area contributed by atoms with E-state index < -0.39 is 0 Å². The van der Waals surface area contributed by atoms with Gasteiger partial charge in [0.15, 0.2) is 0 Å². The number of nitrogens with one attached hydrogen (secondary N) is 2. The second kappa shape index (κ2) is 7.02. The lowest BCUT2D eigenvalue weighted by molar-refractivity contribution is 1.09. The highest BCUT2D eigenvalue weighted by Crippen LogP contribution is 2.16. The number of benzene rings is 2. The molecule has 0 radical (unpaired) electrons. The molecule has 1 aromatic heterocycles. The molecule has 0 amide bonds. The van der Waals surface area contributed by atoms with Crippen LogP contribution in [0.5, 0.6) is 0 Å². The fraction of sp³-hybridized carbons (Fsp3) is 0. The number of hydrogen-bond donors (Lipinski definition) is 2. The number of aromatic amines is 1. The molecule has 0 unspecified atom stereocenters. The van der Waals surface area contributed by atoms with Gasteiger partial charge >= 0.3 is 0 Å². The van der Waals surface area contributed by atoms with Gasteiger partial charge in [0.05, 0.1) is 11.9 Å². The normalized spacial score (nSPS) is 10.8. The van der Waals surface area contributed by atoms with Crippen molar-refractivity contribution in [2.45, 2.75) is 0 Å². The molecule has 114 valence electrons. The second-order valence-electron chi connectivity index (χ2n) is 4.74. The van der Waals surface area contributed by atoms with Crippen LogP contribution >= 0.6 is 15.9 Å². The Morgan fingerprint density at radius 2 is 1.83 bits per heavy atom. The number of rotatable bonds is 4. The molecule has 6 heteroatoms. The van der Waals surface area contributed by atoms with Crippen molar-refractivity contribution in [2.24, 2.45) is 5.10 Å². The molecule has 0 saturated carbocycles. The van der Waals surface area contributed by atoms with Crippen LogP contribution in [0.15, 0.2) is 75.0 Å². The summed E-state index contributed by atoms with van der Waals surface area (Å²) in [4.78, 5) is 18.8. The summed E-state index contributed by atoms with van der Waals surface area (Å²) in [5.74, 6) is 0.291. The van der Waals surface area contributed by atoms with Gasteiger partial charge in [-0.2, -0.15) is 5.10 Å². The van der Waals surface area contributed by atoms with E-state index in [1.807, 2.05) is 54.6 Å². The van der Waals surface area contributed by atoms with Gasteiger partial charge in [0.1, 0.15) is 0 Å². The molecular weight excluding hydrogens is 356 g/mol. The van der Waals surface area contributed by atoms with Crippen molar-refractivity contribution >= 4 is 28.1 Å². The smallest absolute Gasteiger partial charge is 0.252 e. The third-order valence-corrected chi connectivity index (χ3v) is 3.81. The first kappa shape index (κ1) is 15.2. The Bertz CT molecular complexity index is 890. The maximum atomic E-state index is 11.8. The summed E-state index contributed by atoms with van der Waals surface area (Å²) in [5.41, 5.74) is 4.90. The van der Waals surface area contributed by atoms with Crippen LogP contribution in [0.1, 0.15) is 5.56 Å². The average Bonchev–Trinajstić information content (AvgIpc) is 2.57. The zero-order chi connectivity index (χ0) is 16.1. The van der Waals surface area contributed by atoms with E-state index >= 15 is 0 Å². The van der Waals surface area contributed by atoms with Crippen molar-refractivity contribution in [1.82, 2.24) is 9.97 Å². The van der Waals surface area contributed by atoms with Gasteiger partial charge in [-0.1, -0.05) is 64.5 Å². The molecule has 0 spiro atoms. The molecule has 2 aromatic carbocycles. The minimum absolute atomic E-state index is 0.238. The summed E-state index contributed by atoms with van der Waals surface area (Å²) in [6.45, 7) is 0. The molecular formula is C17H13BrN4O. The Balaban J connectivity index is 1.83. The Labute approximate surface area is 141 Å². The molecule has 0 aliphatic heterocycles. The molecule has 0 saturated heterocycles. The maximum Gasteiger partial charge on any atom is 0.252 e. The molecule has 0 aliphatic rings. The fourth-order valence-corrected chi connectivity index (χ4v) is 2.40. The number of hydrogen-bond acceptors (Lipinski definition) is 4. The predicted octanol–water partition coefficient (Wildman–Crippen LogP) is 3.65. The van der Waals surface area contributed by atoms with Crippen LogP contribution in [0.2, 0.25) is 0 Å². The van der Waals surface area contributed by atoms with Crippen molar-refractivity contribution in [2.75, 3.05) is 5.43 Å². The average molecular weight is 369 g/mol.